The predicted molar refractivity (Wildman–Crippen MR) is 116 cm³/mol. The predicted octanol–water partition coefficient (Wildman–Crippen LogP) is 2.09. The number of benzene rings is 1. The molecule has 10 heteroatoms. The number of nitrogens with zero attached hydrogens (tertiary/aromatic N) is 2. The molecule has 0 radical (unpaired) electrons. The summed E-state index contributed by atoms with van der Waals surface area (Å²) in [7, 11) is -3.83. The molecule has 1 aromatic heterocycles. The van der Waals surface area contributed by atoms with E-state index in [4.69, 9.17) is 14.3 Å². The van der Waals surface area contributed by atoms with E-state index in [-0.39, 0.29) is 35.5 Å². The maximum absolute atomic E-state index is 13.0. The summed E-state index contributed by atoms with van der Waals surface area (Å²) < 4.78 is 40.3. The van der Waals surface area contributed by atoms with Crippen LogP contribution in [-0.4, -0.2) is 57.1 Å². The average Bonchev–Trinajstić information content (AvgIpc) is 3.37. The molecule has 1 aromatic carbocycles. The minimum atomic E-state index is -3.83. The van der Waals surface area contributed by atoms with Crippen LogP contribution >= 0.6 is 0 Å². The van der Waals surface area contributed by atoms with Gasteiger partial charge in [-0.15, -0.1) is 0 Å². The van der Waals surface area contributed by atoms with Crippen molar-refractivity contribution in [3.05, 3.63) is 48.2 Å². The van der Waals surface area contributed by atoms with Crippen molar-refractivity contribution < 1.29 is 22.7 Å². The smallest absolute Gasteiger partial charge is 0.244 e. The van der Waals surface area contributed by atoms with Gasteiger partial charge in [0, 0.05) is 12.6 Å². The van der Waals surface area contributed by atoms with Crippen molar-refractivity contribution in [3.8, 4) is 5.75 Å². The Morgan fingerprint density at radius 2 is 2.03 bits per heavy atom. The molecule has 166 valence electrons. The van der Waals surface area contributed by atoms with Gasteiger partial charge in [-0.2, -0.15) is 0 Å². The second-order valence-corrected chi connectivity index (χ2v) is 9.45. The van der Waals surface area contributed by atoms with Gasteiger partial charge in [0.2, 0.25) is 10.0 Å². The average molecular weight is 447 g/mol. The maximum atomic E-state index is 13.0. The number of sulfonamides is 1. The van der Waals surface area contributed by atoms with Crippen molar-refractivity contribution in [2.45, 2.75) is 43.4 Å². The van der Waals surface area contributed by atoms with E-state index in [1.54, 1.807) is 19.2 Å². The van der Waals surface area contributed by atoms with Gasteiger partial charge in [0.1, 0.15) is 28.7 Å². The molecule has 2 aromatic rings. The van der Waals surface area contributed by atoms with E-state index in [9.17, 15) is 8.42 Å². The Kier molecular flexibility index (Phi) is 6.40. The number of aryl methyl sites for hydroxylation is 1. The summed E-state index contributed by atoms with van der Waals surface area (Å²) in [6.45, 7) is 4.55. The zero-order valence-electron chi connectivity index (χ0n) is 17.4. The van der Waals surface area contributed by atoms with Crippen molar-refractivity contribution in [2.24, 2.45) is 5.16 Å². The number of hydrogen-bond acceptors (Lipinski definition) is 8. The molecule has 0 bridgehead atoms. The summed E-state index contributed by atoms with van der Waals surface area (Å²) in [5, 5.41) is 7.12. The monoisotopic (exact) mass is 446 g/mol. The largest absolute Gasteiger partial charge is 0.486 e. The van der Waals surface area contributed by atoms with Crippen LogP contribution in [0.4, 0.5) is 5.82 Å². The normalized spacial score (nSPS) is 23.3. The van der Waals surface area contributed by atoms with Crippen LogP contribution in [0.2, 0.25) is 0 Å². The highest BCUT2D eigenvalue weighted by molar-refractivity contribution is 7.89. The molecule has 1 unspecified atom stereocenters. The van der Waals surface area contributed by atoms with E-state index in [0.717, 1.165) is 11.3 Å². The van der Waals surface area contributed by atoms with Gasteiger partial charge in [0.25, 0.3) is 0 Å². The van der Waals surface area contributed by atoms with Crippen LogP contribution in [0.3, 0.4) is 0 Å². The Bertz CT molecular complexity index is 1040. The third-order valence-electron chi connectivity index (χ3n) is 5.01. The highest BCUT2D eigenvalue weighted by Gasteiger charge is 2.32. The van der Waals surface area contributed by atoms with Crippen LogP contribution < -0.4 is 14.8 Å². The fourth-order valence-corrected chi connectivity index (χ4v) is 4.64. The highest BCUT2D eigenvalue weighted by atomic mass is 32.2. The maximum Gasteiger partial charge on any atom is 0.244 e. The molecule has 4 rings (SSSR count). The van der Waals surface area contributed by atoms with E-state index in [2.05, 4.69) is 20.2 Å². The number of ether oxygens (including phenoxy) is 2. The standard InChI is InChI=1S/C21H26N4O5S/c1-14-8-20(31(26,27)23-11-16-9-15(2)30-25-16)21(22-10-14)24-18-12-28-13-19(18)29-17-6-4-3-5-7-17/h3-8,10,15,18-19,23H,9,11-13H2,1-2H3,(H,22,24)/t15?,18-,19+/m1/s1. The molecule has 2 aliphatic rings. The number of para-hydroxylation sites is 1. The van der Waals surface area contributed by atoms with Crippen molar-refractivity contribution >= 4 is 21.6 Å². The van der Waals surface area contributed by atoms with Crippen molar-refractivity contribution in [3.63, 3.8) is 0 Å². The van der Waals surface area contributed by atoms with E-state index in [0.29, 0.717) is 25.3 Å². The van der Waals surface area contributed by atoms with Crippen LogP contribution in [0.15, 0.2) is 52.6 Å². The molecule has 0 spiro atoms. The summed E-state index contributed by atoms with van der Waals surface area (Å²) in [6.07, 6.45) is 1.90. The van der Waals surface area contributed by atoms with Crippen LogP contribution in [-0.2, 0) is 19.6 Å². The van der Waals surface area contributed by atoms with Gasteiger partial charge in [-0.1, -0.05) is 23.4 Å². The molecule has 2 aliphatic heterocycles. The van der Waals surface area contributed by atoms with Crippen molar-refractivity contribution in [2.75, 3.05) is 25.1 Å². The second kappa shape index (κ2) is 9.21. The number of rotatable bonds is 8. The Morgan fingerprint density at radius 3 is 2.77 bits per heavy atom. The summed E-state index contributed by atoms with van der Waals surface area (Å²) in [4.78, 5) is 9.55. The van der Waals surface area contributed by atoms with E-state index in [1.165, 1.54) is 0 Å². The molecular formula is C21H26N4O5S. The fourth-order valence-electron chi connectivity index (χ4n) is 3.42. The first-order chi connectivity index (χ1) is 14.9. The minimum Gasteiger partial charge on any atom is -0.486 e. The summed E-state index contributed by atoms with van der Waals surface area (Å²) >= 11 is 0. The minimum absolute atomic E-state index is 0.0405. The van der Waals surface area contributed by atoms with Crippen LogP contribution in [0.25, 0.3) is 0 Å². The van der Waals surface area contributed by atoms with Crippen molar-refractivity contribution in [1.82, 2.24) is 9.71 Å². The summed E-state index contributed by atoms with van der Waals surface area (Å²) in [5.41, 5.74) is 1.40. The Labute approximate surface area is 181 Å². The molecule has 0 aliphatic carbocycles. The molecule has 1 fully saturated rings. The van der Waals surface area contributed by atoms with Gasteiger partial charge in [0.15, 0.2) is 0 Å². The lowest BCUT2D eigenvalue weighted by Gasteiger charge is -2.22. The van der Waals surface area contributed by atoms with Gasteiger partial charge >= 0.3 is 0 Å². The summed E-state index contributed by atoms with van der Waals surface area (Å²) in [6, 6.07) is 10.8. The lowest BCUT2D eigenvalue weighted by molar-refractivity contribution is 0.0995. The van der Waals surface area contributed by atoms with Crippen molar-refractivity contribution in [1.29, 1.82) is 0 Å². The quantitative estimate of drug-likeness (QED) is 0.639. The molecule has 0 amide bonds. The van der Waals surface area contributed by atoms with E-state index >= 15 is 0 Å². The fraction of sp³-hybridized carbons (Fsp3) is 0.429. The van der Waals surface area contributed by atoms with E-state index in [1.807, 2.05) is 37.3 Å². The van der Waals surface area contributed by atoms with Crippen LogP contribution in [0.1, 0.15) is 18.9 Å². The first kappa shape index (κ1) is 21.5. The number of oxime groups is 1. The van der Waals surface area contributed by atoms with Gasteiger partial charge in [-0.05, 0) is 37.6 Å². The number of pyridine rings is 1. The lowest BCUT2D eigenvalue weighted by Crippen LogP contribution is -2.38. The molecule has 31 heavy (non-hydrogen) atoms. The number of nitrogens with one attached hydrogen (secondary N) is 2. The molecule has 9 nitrogen and oxygen atoms in total. The number of aromatic nitrogens is 1. The van der Waals surface area contributed by atoms with Gasteiger partial charge in [-0.3, -0.25) is 0 Å². The Morgan fingerprint density at radius 1 is 1.23 bits per heavy atom. The zero-order chi connectivity index (χ0) is 21.8. The van der Waals surface area contributed by atoms with Crippen LogP contribution in [0.5, 0.6) is 5.75 Å². The topological polar surface area (TPSA) is 111 Å². The third kappa shape index (κ3) is 5.33. The molecule has 3 heterocycles. The first-order valence-corrected chi connectivity index (χ1v) is 11.6. The Balaban J connectivity index is 1.49. The summed E-state index contributed by atoms with van der Waals surface area (Å²) in [5.74, 6) is 0.984. The second-order valence-electron chi connectivity index (χ2n) is 7.72. The molecule has 3 atom stereocenters. The first-order valence-electron chi connectivity index (χ1n) is 10.1. The zero-order valence-corrected chi connectivity index (χ0v) is 18.3. The van der Waals surface area contributed by atoms with Gasteiger partial charge < -0.3 is 19.6 Å². The van der Waals surface area contributed by atoms with Gasteiger partial charge in [-0.25, -0.2) is 18.1 Å². The molecular weight excluding hydrogens is 420 g/mol. The molecule has 2 N–H and O–H groups in total. The van der Waals surface area contributed by atoms with Gasteiger partial charge in [0.05, 0.1) is 31.5 Å². The molecule has 0 saturated carbocycles. The number of anilines is 1. The van der Waals surface area contributed by atoms with E-state index < -0.39 is 10.0 Å². The third-order valence-corrected chi connectivity index (χ3v) is 6.43. The SMILES string of the molecule is Cc1cnc(N[C@@H]2COC[C@@H]2Oc2ccccc2)c(S(=O)(=O)NCC2=NOC(C)C2)c1. The highest BCUT2D eigenvalue weighted by Crippen LogP contribution is 2.24. The van der Waals surface area contributed by atoms with Crippen LogP contribution in [0, 0.1) is 6.92 Å². The molecule has 1 saturated heterocycles. The number of hydrogen-bond donors (Lipinski definition) is 2. The Hall–Kier alpha value is -2.69. The lowest BCUT2D eigenvalue weighted by atomic mass is 10.2.